The van der Waals surface area contributed by atoms with Gasteiger partial charge in [0.1, 0.15) is 0 Å². The minimum atomic E-state index is -0.0348. The van der Waals surface area contributed by atoms with Crippen LogP contribution in [0.25, 0.3) is 0 Å². The lowest BCUT2D eigenvalue weighted by Gasteiger charge is -2.38. The molecule has 7 nitrogen and oxygen atoms in total. The van der Waals surface area contributed by atoms with Gasteiger partial charge in [0.05, 0.1) is 6.04 Å². The summed E-state index contributed by atoms with van der Waals surface area (Å²) in [6.07, 6.45) is 11.5. The van der Waals surface area contributed by atoms with Crippen LogP contribution >= 0.6 is 0 Å². The topological polar surface area (TPSA) is 83.3 Å². The molecule has 3 atom stereocenters. The zero-order valence-electron chi connectivity index (χ0n) is 19.3. The summed E-state index contributed by atoms with van der Waals surface area (Å²) in [5.41, 5.74) is 1.18. The Labute approximate surface area is 195 Å². The molecule has 2 N–H and O–H groups in total. The molecule has 2 saturated heterocycles. The van der Waals surface area contributed by atoms with Crippen molar-refractivity contribution in [1.82, 2.24) is 25.7 Å². The number of nitrogens with one attached hydrogen (secondary N) is 2. The number of carbonyl (C=O) groups excluding carboxylic acids is 1. The van der Waals surface area contributed by atoms with Crippen molar-refractivity contribution in [2.75, 3.05) is 6.54 Å². The number of piperidine rings is 1. The molecular formula is C26H35N5O2. The van der Waals surface area contributed by atoms with E-state index in [1.807, 2.05) is 6.07 Å². The summed E-state index contributed by atoms with van der Waals surface area (Å²) in [6.45, 7) is 1.00. The normalized spacial score (nSPS) is 28.3. The van der Waals surface area contributed by atoms with Crippen LogP contribution in [0, 0.1) is 0 Å². The summed E-state index contributed by atoms with van der Waals surface area (Å²) in [4.78, 5) is 20.0. The van der Waals surface area contributed by atoms with Gasteiger partial charge in [-0.25, -0.2) is 4.79 Å². The number of urea groups is 1. The fourth-order valence-corrected chi connectivity index (χ4v) is 5.98. The molecule has 0 radical (unpaired) electrons. The Morgan fingerprint density at radius 3 is 2.45 bits per heavy atom. The van der Waals surface area contributed by atoms with E-state index in [1.165, 1.54) is 37.7 Å². The zero-order valence-corrected chi connectivity index (χ0v) is 19.3. The molecule has 176 valence electrons. The van der Waals surface area contributed by atoms with Crippen molar-refractivity contribution in [1.29, 1.82) is 0 Å². The van der Waals surface area contributed by atoms with Gasteiger partial charge in [-0.1, -0.05) is 41.9 Å². The van der Waals surface area contributed by atoms with Gasteiger partial charge >= 0.3 is 6.03 Å². The van der Waals surface area contributed by atoms with Crippen molar-refractivity contribution in [3.63, 3.8) is 0 Å². The maximum absolute atomic E-state index is 12.5. The van der Waals surface area contributed by atoms with Gasteiger partial charge in [-0.3, -0.25) is 4.90 Å². The Balaban J connectivity index is 1.08. The van der Waals surface area contributed by atoms with Crippen LogP contribution in [0.5, 0.6) is 0 Å². The average molecular weight is 450 g/mol. The van der Waals surface area contributed by atoms with E-state index in [4.69, 9.17) is 9.51 Å². The van der Waals surface area contributed by atoms with E-state index in [9.17, 15) is 4.79 Å². The average Bonchev–Trinajstić information content (AvgIpc) is 3.42. The van der Waals surface area contributed by atoms with Gasteiger partial charge < -0.3 is 15.2 Å². The van der Waals surface area contributed by atoms with E-state index in [1.54, 1.807) is 0 Å². The third-order valence-corrected chi connectivity index (χ3v) is 8.26. The fourth-order valence-electron chi connectivity index (χ4n) is 5.98. The maximum Gasteiger partial charge on any atom is 0.315 e. The van der Waals surface area contributed by atoms with Gasteiger partial charge in [-0.2, -0.15) is 4.98 Å². The van der Waals surface area contributed by atoms with E-state index in [2.05, 4.69) is 45.0 Å². The van der Waals surface area contributed by atoms with Gasteiger partial charge in [-0.05, 0) is 63.4 Å². The van der Waals surface area contributed by atoms with Crippen LogP contribution in [0.3, 0.4) is 0 Å². The Morgan fingerprint density at radius 2 is 1.79 bits per heavy atom. The maximum atomic E-state index is 12.5. The number of hydrogen-bond donors (Lipinski definition) is 2. The molecule has 2 saturated carbocycles. The van der Waals surface area contributed by atoms with E-state index in [0.29, 0.717) is 30.0 Å². The Morgan fingerprint density at radius 1 is 1.03 bits per heavy atom. The minimum absolute atomic E-state index is 0.0318. The van der Waals surface area contributed by atoms with Crippen LogP contribution in [0.1, 0.15) is 99.4 Å². The second-order valence-corrected chi connectivity index (χ2v) is 10.6. The molecule has 3 unspecified atom stereocenters. The number of carbonyl (C=O) groups is 1. The predicted molar refractivity (Wildman–Crippen MR) is 125 cm³/mol. The molecule has 2 aliphatic carbocycles. The highest BCUT2D eigenvalue weighted by molar-refractivity contribution is 5.75. The Kier molecular flexibility index (Phi) is 5.82. The van der Waals surface area contributed by atoms with Crippen LogP contribution in [0.15, 0.2) is 34.9 Å². The number of fused-ring (bicyclic) bond motifs is 2. The van der Waals surface area contributed by atoms with Crippen molar-refractivity contribution in [2.45, 2.75) is 100 Å². The molecule has 2 aromatic rings. The summed E-state index contributed by atoms with van der Waals surface area (Å²) < 4.78 is 5.62. The molecule has 3 heterocycles. The fraction of sp³-hybridized carbons (Fsp3) is 0.654. The third kappa shape index (κ3) is 4.65. The molecular weight excluding hydrogens is 414 g/mol. The summed E-state index contributed by atoms with van der Waals surface area (Å²) in [5, 5.41) is 10.7. The van der Waals surface area contributed by atoms with E-state index in [-0.39, 0.29) is 12.1 Å². The minimum Gasteiger partial charge on any atom is -0.339 e. The molecule has 6 rings (SSSR count). The second-order valence-electron chi connectivity index (χ2n) is 10.6. The first-order valence-corrected chi connectivity index (χ1v) is 12.9. The van der Waals surface area contributed by atoms with Gasteiger partial charge in [-0.15, -0.1) is 0 Å². The highest BCUT2D eigenvalue weighted by Crippen LogP contribution is 2.43. The van der Waals surface area contributed by atoms with Gasteiger partial charge in [0.15, 0.2) is 5.82 Å². The zero-order chi connectivity index (χ0) is 22.2. The lowest BCUT2D eigenvalue weighted by Crippen LogP contribution is -2.45. The summed E-state index contributed by atoms with van der Waals surface area (Å²) >= 11 is 0. The lowest BCUT2D eigenvalue weighted by molar-refractivity contribution is 0.118. The van der Waals surface area contributed by atoms with Crippen LogP contribution in [-0.4, -0.2) is 45.7 Å². The van der Waals surface area contributed by atoms with Crippen LogP contribution < -0.4 is 10.6 Å². The molecule has 0 spiro atoms. The quantitative estimate of drug-likeness (QED) is 0.613. The van der Waals surface area contributed by atoms with Gasteiger partial charge in [0.25, 0.3) is 0 Å². The smallest absolute Gasteiger partial charge is 0.315 e. The van der Waals surface area contributed by atoms with E-state index < -0.39 is 0 Å². The summed E-state index contributed by atoms with van der Waals surface area (Å²) in [5.74, 6) is 2.73. The molecule has 4 fully saturated rings. The predicted octanol–water partition coefficient (Wildman–Crippen LogP) is 4.64. The standard InChI is InChI=1S/C26H35N5O2/c32-26(27-20-9-10-20)28-23(17-5-2-1-3-6-17)13-14-31-21-11-12-22(31)16-19(15-21)24-29-25(33-30-24)18-7-4-8-18/h1-3,5-6,18-23H,4,7-16H2,(H2,27,28,32). The number of benzene rings is 1. The van der Waals surface area contributed by atoms with E-state index in [0.717, 1.165) is 50.4 Å². The van der Waals surface area contributed by atoms with Crippen molar-refractivity contribution in [2.24, 2.45) is 0 Å². The van der Waals surface area contributed by atoms with Gasteiger partial charge in [0, 0.05) is 36.5 Å². The molecule has 4 aliphatic rings. The van der Waals surface area contributed by atoms with Crippen LogP contribution in [-0.2, 0) is 0 Å². The molecule has 2 aliphatic heterocycles. The first kappa shape index (κ1) is 21.1. The number of amides is 2. The third-order valence-electron chi connectivity index (χ3n) is 8.26. The van der Waals surface area contributed by atoms with Crippen molar-refractivity contribution >= 4 is 6.03 Å². The number of aromatic nitrogens is 2. The Bertz CT molecular complexity index is 941. The summed E-state index contributed by atoms with van der Waals surface area (Å²) in [6, 6.07) is 11.9. The second kappa shape index (κ2) is 9.09. The molecule has 1 aromatic heterocycles. The molecule has 33 heavy (non-hydrogen) atoms. The highest BCUT2D eigenvalue weighted by atomic mass is 16.5. The SMILES string of the molecule is O=C(NC1CC1)NC(CCN1C2CCC1CC(c1noc(C3CCC3)n1)C2)c1ccccc1. The van der Waals surface area contributed by atoms with E-state index >= 15 is 0 Å². The number of hydrogen-bond acceptors (Lipinski definition) is 5. The lowest BCUT2D eigenvalue weighted by atomic mass is 9.85. The van der Waals surface area contributed by atoms with Crippen LogP contribution in [0.4, 0.5) is 4.79 Å². The molecule has 2 bridgehead atoms. The number of rotatable bonds is 8. The Hall–Kier alpha value is -2.41. The van der Waals surface area contributed by atoms with Crippen LogP contribution in [0.2, 0.25) is 0 Å². The summed E-state index contributed by atoms with van der Waals surface area (Å²) in [7, 11) is 0. The number of nitrogens with zero attached hydrogens (tertiary/aromatic N) is 3. The largest absolute Gasteiger partial charge is 0.339 e. The van der Waals surface area contributed by atoms with Crippen molar-refractivity contribution in [3.8, 4) is 0 Å². The highest BCUT2D eigenvalue weighted by Gasteiger charge is 2.42. The van der Waals surface area contributed by atoms with Crippen molar-refractivity contribution < 1.29 is 9.32 Å². The monoisotopic (exact) mass is 449 g/mol. The van der Waals surface area contributed by atoms with Gasteiger partial charge in [0.2, 0.25) is 5.89 Å². The first-order valence-electron chi connectivity index (χ1n) is 12.9. The molecule has 1 aromatic carbocycles. The van der Waals surface area contributed by atoms with Crippen molar-refractivity contribution in [3.05, 3.63) is 47.6 Å². The molecule has 2 amide bonds. The first-order chi connectivity index (χ1) is 16.2. The molecule has 7 heteroatoms.